The molecule has 0 saturated carbocycles. The van der Waals surface area contributed by atoms with Crippen LogP contribution in [0.4, 0.5) is 0 Å². The van der Waals surface area contributed by atoms with Gasteiger partial charge in [-0.3, -0.25) is 4.79 Å². The molecular formula is C9H14N4O. The van der Waals surface area contributed by atoms with Gasteiger partial charge in [0.2, 0.25) is 5.91 Å². The van der Waals surface area contributed by atoms with Crippen molar-refractivity contribution in [3.63, 3.8) is 0 Å². The maximum Gasteiger partial charge on any atom is 0.218 e. The Morgan fingerprint density at radius 3 is 3.07 bits per heavy atom. The predicted octanol–water partition coefficient (Wildman–Crippen LogP) is -0.250. The fourth-order valence-corrected chi connectivity index (χ4v) is 1.03. The summed E-state index contributed by atoms with van der Waals surface area (Å²) in [6, 6.07) is 1.84. The van der Waals surface area contributed by atoms with Crippen LogP contribution < -0.4 is 11.1 Å². The zero-order valence-corrected chi connectivity index (χ0v) is 8.16. The van der Waals surface area contributed by atoms with Gasteiger partial charge in [0.05, 0.1) is 5.69 Å². The van der Waals surface area contributed by atoms with Crippen LogP contribution in [0.5, 0.6) is 0 Å². The van der Waals surface area contributed by atoms with E-state index < -0.39 is 0 Å². The normalized spacial score (nSPS) is 10.1. The van der Waals surface area contributed by atoms with Gasteiger partial charge in [-0.05, 0) is 13.0 Å². The molecule has 0 aliphatic heterocycles. The summed E-state index contributed by atoms with van der Waals surface area (Å²) in [6.45, 7) is 3.06. The van der Waals surface area contributed by atoms with Gasteiger partial charge in [0, 0.05) is 25.7 Å². The Balaban J connectivity index is 2.28. The number of aryl methyl sites for hydroxylation is 1. The van der Waals surface area contributed by atoms with Crippen molar-refractivity contribution in [2.75, 3.05) is 6.54 Å². The van der Waals surface area contributed by atoms with E-state index in [1.165, 1.54) is 0 Å². The number of carbonyl (C=O) groups excluding carboxylic acids is 1. The van der Waals surface area contributed by atoms with Crippen LogP contribution in [0.25, 0.3) is 0 Å². The number of nitrogens with one attached hydrogen (secondary N) is 1. The number of nitrogens with zero attached hydrogens (tertiary/aromatic N) is 2. The number of rotatable bonds is 5. The van der Waals surface area contributed by atoms with Crippen LogP contribution >= 0.6 is 0 Å². The number of amides is 1. The number of hydrogen-bond donors (Lipinski definition) is 2. The van der Waals surface area contributed by atoms with E-state index in [0.29, 0.717) is 19.5 Å². The average Bonchev–Trinajstić information content (AvgIpc) is 2.12. The molecule has 0 aliphatic rings. The van der Waals surface area contributed by atoms with Gasteiger partial charge >= 0.3 is 0 Å². The molecule has 1 aromatic rings. The number of carbonyl (C=O) groups is 1. The Hall–Kier alpha value is -1.49. The third kappa shape index (κ3) is 3.95. The van der Waals surface area contributed by atoms with Crippen LogP contribution in [-0.4, -0.2) is 22.4 Å². The number of nitrogens with two attached hydrogens (primary N) is 1. The van der Waals surface area contributed by atoms with E-state index >= 15 is 0 Å². The minimum atomic E-state index is -0.295. The van der Waals surface area contributed by atoms with E-state index in [1.54, 1.807) is 6.20 Å². The van der Waals surface area contributed by atoms with Gasteiger partial charge in [0.15, 0.2) is 0 Å². The molecule has 3 N–H and O–H groups in total. The molecule has 5 nitrogen and oxygen atoms in total. The van der Waals surface area contributed by atoms with Gasteiger partial charge in [-0.2, -0.15) is 0 Å². The summed E-state index contributed by atoms with van der Waals surface area (Å²) in [5, 5.41) is 3.07. The first-order chi connectivity index (χ1) is 6.68. The first-order valence-corrected chi connectivity index (χ1v) is 4.46. The van der Waals surface area contributed by atoms with E-state index in [0.717, 1.165) is 11.5 Å². The van der Waals surface area contributed by atoms with E-state index in [4.69, 9.17) is 5.73 Å². The molecule has 76 valence electrons. The highest BCUT2D eigenvalue weighted by Gasteiger charge is 1.96. The van der Waals surface area contributed by atoms with E-state index in [2.05, 4.69) is 15.3 Å². The molecule has 5 heteroatoms. The van der Waals surface area contributed by atoms with Gasteiger partial charge in [-0.1, -0.05) is 0 Å². The van der Waals surface area contributed by atoms with E-state index in [1.807, 2.05) is 13.0 Å². The lowest BCUT2D eigenvalue weighted by Crippen LogP contribution is -2.22. The van der Waals surface area contributed by atoms with Crippen LogP contribution in [0.3, 0.4) is 0 Å². The topological polar surface area (TPSA) is 80.9 Å². The number of primary amides is 1. The molecule has 1 amide bonds. The van der Waals surface area contributed by atoms with Crippen molar-refractivity contribution in [3.05, 3.63) is 23.8 Å². The molecule has 0 aliphatic carbocycles. The Morgan fingerprint density at radius 1 is 1.64 bits per heavy atom. The summed E-state index contributed by atoms with van der Waals surface area (Å²) in [6.07, 6.45) is 2.07. The lowest BCUT2D eigenvalue weighted by atomic mass is 10.3. The molecule has 0 atom stereocenters. The smallest absolute Gasteiger partial charge is 0.218 e. The molecule has 0 fully saturated rings. The Bertz CT molecular complexity index is 313. The molecule has 0 radical (unpaired) electrons. The summed E-state index contributed by atoms with van der Waals surface area (Å²) in [4.78, 5) is 18.6. The Labute approximate surface area is 82.7 Å². The third-order valence-electron chi connectivity index (χ3n) is 1.69. The van der Waals surface area contributed by atoms with Gasteiger partial charge < -0.3 is 11.1 Å². The second kappa shape index (κ2) is 5.29. The zero-order valence-electron chi connectivity index (χ0n) is 8.16. The van der Waals surface area contributed by atoms with Crippen molar-refractivity contribution in [3.8, 4) is 0 Å². The minimum Gasteiger partial charge on any atom is -0.370 e. The van der Waals surface area contributed by atoms with Crippen molar-refractivity contribution >= 4 is 5.91 Å². The fourth-order valence-electron chi connectivity index (χ4n) is 1.03. The molecule has 0 aromatic carbocycles. The standard InChI is InChI=1S/C9H14N4O/c1-7-12-5-2-8(13-7)6-11-4-3-9(10)14/h2,5,11H,3-4,6H2,1H3,(H2,10,14). The maximum absolute atomic E-state index is 10.4. The second-order valence-corrected chi connectivity index (χ2v) is 2.99. The highest BCUT2D eigenvalue weighted by Crippen LogP contribution is 1.93. The molecule has 0 unspecified atom stereocenters. The molecule has 1 heterocycles. The first-order valence-electron chi connectivity index (χ1n) is 4.46. The second-order valence-electron chi connectivity index (χ2n) is 2.99. The SMILES string of the molecule is Cc1nccc(CNCCC(N)=O)n1. The molecular weight excluding hydrogens is 180 g/mol. The fraction of sp³-hybridized carbons (Fsp3) is 0.444. The molecule has 1 rings (SSSR count). The monoisotopic (exact) mass is 194 g/mol. The highest BCUT2D eigenvalue weighted by molar-refractivity contribution is 5.73. The van der Waals surface area contributed by atoms with E-state index in [9.17, 15) is 4.79 Å². The van der Waals surface area contributed by atoms with Gasteiger partial charge in [-0.25, -0.2) is 9.97 Å². The Morgan fingerprint density at radius 2 is 2.43 bits per heavy atom. The van der Waals surface area contributed by atoms with Crippen molar-refractivity contribution < 1.29 is 4.79 Å². The summed E-state index contributed by atoms with van der Waals surface area (Å²) >= 11 is 0. The molecule has 14 heavy (non-hydrogen) atoms. The summed E-state index contributed by atoms with van der Waals surface area (Å²) in [5.41, 5.74) is 5.91. The van der Waals surface area contributed by atoms with Crippen LogP contribution in [0.15, 0.2) is 12.3 Å². The average molecular weight is 194 g/mol. The quantitative estimate of drug-likeness (QED) is 0.633. The van der Waals surface area contributed by atoms with Gasteiger partial charge in [-0.15, -0.1) is 0 Å². The van der Waals surface area contributed by atoms with Crippen molar-refractivity contribution in [2.24, 2.45) is 5.73 Å². The van der Waals surface area contributed by atoms with E-state index in [-0.39, 0.29) is 5.91 Å². The largest absolute Gasteiger partial charge is 0.370 e. The van der Waals surface area contributed by atoms with Crippen LogP contribution in [0.1, 0.15) is 17.9 Å². The summed E-state index contributed by atoms with van der Waals surface area (Å²) < 4.78 is 0. The molecule has 0 saturated heterocycles. The molecule has 1 aromatic heterocycles. The van der Waals surface area contributed by atoms with Crippen LogP contribution in [-0.2, 0) is 11.3 Å². The molecule has 0 spiro atoms. The molecule has 0 bridgehead atoms. The van der Waals surface area contributed by atoms with Crippen LogP contribution in [0, 0.1) is 6.92 Å². The third-order valence-corrected chi connectivity index (χ3v) is 1.69. The lowest BCUT2D eigenvalue weighted by molar-refractivity contribution is -0.117. The lowest BCUT2D eigenvalue weighted by Gasteiger charge is -2.02. The maximum atomic E-state index is 10.4. The van der Waals surface area contributed by atoms with Gasteiger partial charge in [0.25, 0.3) is 0 Å². The van der Waals surface area contributed by atoms with Crippen molar-refractivity contribution in [1.29, 1.82) is 0 Å². The van der Waals surface area contributed by atoms with Gasteiger partial charge in [0.1, 0.15) is 5.82 Å². The zero-order chi connectivity index (χ0) is 10.4. The highest BCUT2D eigenvalue weighted by atomic mass is 16.1. The first kappa shape index (κ1) is 10.6. The van der Waals surface area contributed by atoms with Crippen LogP contribution in [0.2, 0.25) is 0 Å². The summed E-state index contributed by atoms with van der Waals surface area (Å²) in [7, 11) is 0. The Kier molecular flexibility index (Phi) is 4.00. The van der Waals surface area contributed by atoms with Crippen molar-refractivity contribution in [1.82, 2.24) is 15.3 Å². The predicted molar refractivity (Wildman–Crippen MR) is 52.3 cm³/mol. The number of hydrogen-bond acceptors (Lipinski definition) is 4. The van der Waals surface area contributed by atoms with Crippen molar-refractivity contribution in [2.45, 2.75) is 19.9 Å². The number of aromatic nitrogens is 2. The summed E-state index contributed by atoms with van der Waals surface area (Å²) in [5.74, 6) is 0.454. The minimum absolute atomic E-state index is 0.295.